The minimum absolute atomic E-state index is 0.120. The maximum atomic E-state index is 10.4. The van der Waals surface area contributed by atoms with Gasteiger partial charge < -0.3 is 30.6 Å². The van der Waals surface area contributed by atoms with E-state index in [1.54, 1.807) is 48.5 Å². The molecule has 0 aromatic heterocycles. The van der Waals surface area contributed by atoms with E-state index in [0.29, 0.717) is 24.0 Å². The monoisotopic (exact) mass is 768 g/mol. The highest BCUT2D eigenvalue weighted by atomic mass is 16.4. The lowest BCUT2D eigenvalue weighted by Gasteiger charge is -2.02. The van der Waals surface area contributed by atoms with Crippen LogP contribution >= 0.6 is 0 Å². The van der Waals surface area contributed by atoms with Gasteiger partial charge in [0.05, 0.1) is 0 Å². The van der Waals surface area contributed by atoms with E-state index in [1.165, 1.54) is 23.3 Å². The Hall–Kier alpha value is -6.50. The third-order valence-corrected chi connectivity index (χ3v) is 7.53. The first kappa shape index (κ1) is 47.5. The Kier molecular flexibility index (Phi) is 24.6. The van der Waals surface area contributed by atoms with E-state index < -0.39 is 23.9 Å². The molecule has 0 fully saturated rings. The van der Waals surface area contributed by atoms with Crippen molar-refractivity contribution in [2.75, 3.05) is 13.2 Å². The minimum atomic E-state index is -1.00. The summed E-state index contributed by atoms with van der Waals surface area (Å²) in [6.07, 6.45) is 11.3. The van der Waals surface area contributed by atoms with Crippen LogP contribution in [0, 0.1) is 0 Å². The molecule has 0 bridgehead atoms. The van der Waals surface area contributed by atoms with Crippen LogP contribution < -0.4 is 0 Å². The average molecular weight is 769 g/mol. The molecule has 4 aromatic rings. The summed E-state index contributed by atoms with van der Waals surface area (Å²) in [5.41, 5.74) is 7.13. The highest BCUT2D eigenvalue weighted by molar-refractivity contribution is 5.86. The quantitative estimate of drug-likeness (QED) is 0.0475. The second-order valence-corrected chi connectivity index (χ2v) is 12.0. The topological polar surface area (TPSA) is 224 Å². The molecule has 296 valence electrons. The maximum Gasteiger partial charge on any atom is 0.328 e. The largest absolute Gasteiger partial charge is 0.481 e. The summed E-state index contributed by atoms with van der Waals surface area (Å²) in [7, 11) is 0. The van der Waals surface area contributed by atoms with Gasteiger partial charge in [-0.1, -0.05) is 97.1 Å². The van der Waals surface area contributed by atoms with E-state index in [2.05, 4.69) is 24.3 Å². The van der Waals surface area contributed by atoms with Crippen LogP contribution in [-0.2, 0) is 44.9 Å². The zero-order valence-corrected chi connectivity index (χ0v) is 30.9. The van der Waals surface area contributed by atoms with Crippen molar-refractivity contribution in [1.29, 1.82) is 0 Å². The number of carbonyl (C=O) groups is 6. The van der Waals surface area contributed by atoms with Gasteiger partial charge in [0.15, 0.2) is 0 Å². The van der Waals surface area contributed by atoms with Gasteiger partial charge in [-0.15, -0.1) is 0 Å². The number of aldehydes is 2. The Morgan fingerprint density at radius 3 is 0.911 bits per heavy atom. The molecule has 12 heteroatoms. The predicted molar refractivity (Wildman–Crippen MR) is 213 cm³/mol. The molecule has 0 aliphatic heterocycles. The number of aryl methyl sites for hydroxylation is 4. The maximum absolute atomic E-state index is 10.4. The second kappa shape index (κ2) is 28.9. The van der Waals surface area contributed by atoms with Crippen LogP contribution in [0.1, 0.15) is 79.8 Å². The molecular formula is C44H48O12. The van der Waals surface area contributed by atoms with Crippen molar-refractivity contribution in [1.82, 2.24) is 0 Å². The van der Waals surface area contributed by atoms with Crippen molar-refractivity contribution in [3.05, 3.63) is 154 Å². The fourth-order valence-corrected chi connectivity index (χ4v) is 4.52. The molecule has 0 heterocycles. The lowest BCUT2D eigenvalue weighted by Crippen LogP contribution is -1.99. The number of rotatable bonds is 18. The first-order valence-corrected chi connectivity index (χ1v) is 17.6. The van der Waals surface area contributed by atoms with Crippen molar-refractivity contribution in [2.24, 2.45) is 0 Å². The lowest BCUT2D eigenvalue weighted by molar-refractivity contribution is -0.138. The first-order valence-electron chi connectivity index (χ1n) is 17.6. The third kappa shape index (κ3) is 23.9. The molecule has 0 unspecified atom stereocenters. The van der Waals surface area contributed by atoms with E-state index >= 15 is 0 Å². The standard InChI is InChI=1S/C12H14O4.C12H10O4.C12H18O2.C8H6O2/c2*13-11(14)7-5-9-1-2-10(4-3-9)6-8-12(15)16;13-9-1-3-11-5-7-12(8-6-11)4-2-10-14;9-5-7-1-2-8(6-10)4-3-7/h1-4H,5-8H2,(H,13,14)(H,15,16);1-8H,(H,13,14)(H,15,16);5-8,13-14H,1-4,9-10H2;1-6H/b;7-5+,8-6+;;. The summed E-state index contributed by atoms with van der Waals surface area (Å²) in [6, 6.07) is 29.1. The number of aliphatic carboxylic acids is 4. The Morgan fingerprint density at radius 1 is 0.411 bits per heavy atom. The van der Waals surface area contributed by atoms with E-state index in [1.807, 2.05) is 24.3 Å². The molecule has 4 rings (SSSR count). The smallest absolute Gasteiger partial charge is 0.328 e. The molecular weight excluding hydrogens is 720 g/mol. The van der Waals surface area contributed by atoms with Gasteiger partial charge in [0.25, 0.3) is 0 Å². The van der Waals surface area contributed by atoms with Gasteiger partial charge in [-0.25, -0.2) is 9.59 Å². The summed E-state index contributed by atoms with van der Waals surface area (Å²) in [4.78, 5) is 61.4. The van der Waals surface area contributed by atoms with Crippen molar-refractivity contribution in [3.8, 4) is 0 Å². The number of aliphatic hydroxyl groups excluding tert-OH is 2. The molecule has 0 saturated heterocycles. The number of carboxylic acids is 4. The van der Waals surface area contributed by atoms with Crippen LogP contribution in [0.4, 0.5) is 0 Å². The van der Waals surface area contributed by atoms with Crippen molar-refractivity contribution >= 4 is 48.6 Å². The van der Waals surface area contributed by atoms with Crippen molar-refractivity contribution < 1.29 is 59.4 Å². The lowest BCUT2D eigenvalue weighted by atomic mass is 10.0. The van der Waals surface area contributed by atoms with Crippen LogP contribution in [0.2, 0.25) is 0 Å². The average Bonchev–Trinajstić information content (AvgIpc) is 3.21. The summed E-state index contributed by atoms with van der Waals surface area (Å²) in [5.74, 6) is -3.63. The summed E-state index contributed by atoms with van der Waals surface area (Å²) < 4.78 is 0. The van der Waals surface area contributed by atoms with Gasteiger partial charge in [-0.05, 0) is 84.1 Å². The minimum Gasteiger partial charge on any atom is -0.481 e. The highest BCUT2D eigenvalue weighted by Gasteiger charge is 2.02. The summed E-state index contributed by atoms with van der Waals surface area (Å²) >= 11 is 0. The normalized spacial score (nSPS) is 10.2. The molecule has 0 aliphatic rings. The molecule has 0 spiro atoms. The number of hydrogen-bond donors (Lipinski definition) is 6. The molecule has 0 atom stereocenters. The van der Waals surface area contributed by atoms with E-state index in [4.69, 9.17) is 30.6 Å². The van der Waals surface area contributed by atoms with E-state index in [-0.39, 0.29) is 26.1 Å². The Bertz CT molecular complexity index is 1690. The van der Waals surface area contributed by atoms with Crippen LogP contribution in [0.5, 0.6) is 0 Å². The summed E-state index contributed by atoms with van der Waals surface area (Å²) in [5, 5.41) is 51.2. The van der Waals surface area contributed by atoms with Crippen molar-refractivity contribution in [3.63, 3.8) is 0 Å². The molecule has 4 aromatic carbocycles. The molecule has 6 N–H and O–H groups in total. The Labute approximate surface area is 325 Å². The number of carboxylic acid groups (broad SMARTS) is 4. The predicted octanol–water partition coefficient (Wildman–Crippen LogP) is 6.45. The zero-order valence-electron chi connectivity index (χ0n) is 30.9. The summed E-state index contributed by atoms with van der Waals surface area (Å²) in [6.45, 7) is 0.512. The van der Waals surface area contributed by atoms with Gasteiger partial charge >= 0.3 is 23.9 Å². The number of carbonyl (C=O) groups excluding carboxylic acids is 2. The van der Waals surface area contributed by atoms with Gasteiger partial charge in [0, 0.05) is 49.3 Å². The van der Waals surface area contributed by atoms with Crippen LogP contribution in [0.25, 0.3) is 12.2 Å². The third-order valence-electron chi connectivity index (χ3n) is 7.53. The van der Waals surface area contributed by atoms with Gasteiger partial charge in [0.2, 0.25) is 0 Å². The fraction of sp³-hybridized carbons (Fsp3) is 0.227. The zero-order chi connectivity index (χ0) is 41.6. The molecule has 0 amide bonds. The highest BCUT2D eigenvalue weighted by Crippen LogP contribution is 2.10. The van der Waals surface area contributed by atoms with Gasteiger partial charge in [-0.3, -0.25) is 19.2 Å². The SMILES string of the molecule is O=C(O)/C=C/c1ccc(/C=C/C(=O)O)cc1.O=C(O)CCc1ccc(CCC(=O)O)cc1.O=Cc1ccc(C=O)cc1.OCCCc1ccc(CCCO)cc1. The molecule has 0 aliphatic carbocycles. The first-order chi connectivity index (χ1) is 26.9. The number of benzene rings is 4. The molecule has 56 heavy (non-hydrogen) atoms. The second-order valence-electron chi connectivity index (χ2n) is 12.0. The Morgan fingerprint density at radius 2 is 0.679 bits per heavy atom. The fourth-order valence-electron chi connectivity index (χ4n) is 4.52. The molecule has 12 nitrogen and oxygen atoms in total. The number of hydrogen-bond acceptors (Lipinski definition) is 8. The van der Waals surface area contributed by atoms with Gasteiger partial charge in [0.1, 0.15) is 12.6 Å². The molecule has 0 radical (unpaired) electrons. The molecule has 0 saturated carbocycles. The van der Waals surface area contributed by atoms with Crippen LogP contribution in [0.15, 0.2) is 109 Å². The van der Waals surface area contributed by atoms with E-state index in [9.17, 15) is 28.8 Å². The van der Waals surface area contributed by atoms with Gasteiger partial charge in [-0.2, -0.15) is 0 Å². The van der Waals surface area contributed by atoms with Crippen molar-refractivity contribution in [2.45, 2.75) is 51.4 Å². The van der Waals surface area contributed by atoms with Crippen LogP contribution in [0.3, 0.4) is 0 Å². The van der Waals surface area contributed by atoms with E-state index in [0.717, 1.165) is 72.7 Å². The van der Waals surface area contributed by atoms with Crippen LogP contribution in [-0.4, -0.2) is 80.3 Å². The number of aliphatic hydroxyl groups is 2. The Balaban J connectivity index is 0.000000378.